The SMILES string of the molecule is CNC(=O)[C@@]1(C)C[C@@H](n2cnc3c(NC4CCC4)nc(C#Cc4ccc(Cl)s4)nc32)C(O)C1O. The zero-order valence-electron chi connectivity index (χ0n) is 18.7. The van der Waals surface area contributed by atoms with Crippen LogP contribution in [0, 0.1) is 17.3 Å². The largest absolute Gasteiger partial charge is 0.389 e. The molecule has 2 fully saturated rings. The van der Waals surface area contributed by atoms with Gasteiger partial charge in [0.15, 0.2) is 17.0 Å². The number of nitrogens with one attached hydrogen (secondary N) is 2. The number of rotatable bonds is 4. The van der Waals surface area contributed by atoms with E-state index in [9.17, 15) is 15.0 Å². The first-order valence-electron chi connectivity index (χ1n) is 11.2. The highest BCUT2D eigenvalue weighted by Gasteiger charge is 2.54. The van der Waals surface area contributed by atoms with E-state index in [-0.39, 0.29) is 12.3 Å². The van der Waals surface area contributed by atoms with Gasteiger partial charge in [-0.05, 0) is 56.6 Å². The third kappa shape index (κ3) is 3.92. The van der Waals surface area contributed by atoms with Crippen molar-refractivity contribution in [3.63, 3.8) is 0 Å². The lowest BCUT2D eigenvalue weighted by molar-refractivity contribution is -0.136. The topological polar surface area (TPSA) is 125 Å². The van der Waals surface area contributed by atoms with Gasteiger partial charge in [0, 0.05) is 13.1 Å². The number of halogens is 1. The van der Waals surface area contributed by atoms with Gasteiger partial charge in [-0.3, -0.25) is 4.79 Å². The van der Waals surface area contributed by atoms with Crippen LogP contribution in [0.1, 0.15) is 49.4 Å². The molecular weight excluding hydrogens is 476 g/mol. The number of fused-ring (bicyclic) bond motifs is 1. The third-order valence-electron chi connectivity index (χ3n) is 6.84. The molecular formula is C23H25ClN6O3S. The maximum absolute atomic E-state index is 12.5. The number of aliphatic hydroxyl groups is 2. The predicted molar refractivity (Wildman–Crippen MR) is 130 cm³/mol. The van der Waals surface area contributed by atoms with Crippen LogP contribution < -0.4 is 10.6 Å². The monoisotopic (exact) mass is 500 g/mol. The van der Waals surface area contributed by atoms with Crippen LogP contribution in [0.4, 0.5) is 5.82 Å². The number of nitrogens with zero attached hydrogens (tertiary/aromatic N) is 4. The Balaban J connectivity index is 1.57. The molecule has 4 atom stereocenters. The van der Waals surface area contributed by atoms with Gasteiger partial charge in [0.2, 0.25) is 11.7 Å². The van der Waals surface area contributed by atoms with Crippen molar-refractivity contribution in [1.82, 2.24) is 24.8 Å². The second kappa shape index (κ2) is 8.82. The van der Waals surface area contributed by atoms with Crippen molar-refractivity contribution in [1.29, 1.82) is 0 Å². The van der Waals surface area contributed by atoms with Crippen LogP contribution in [0.15, 0.2) is 18.5 Å². The fourth-order valence-electron chi connectivity index (χ4n) is 4.60. The number of amides is 1. The number of imidazole rings is 1. The van der Waals surface area contributed by atoms with E-state index in [0.717, 1.165) is 24.1 Å². The lowest BCUT2D eigenvalue weighted by Crippen LogP contribution is -2.45. The summed E-state index contributed by atoms with van der Waals surface area (Å²) in [6.45, 7) is 1.65. The zero-order valence-corrected chi connectivity index (χ0v) is 20.3. The molecule has 0 aliphatic heterocycles. The average Bonchev–Trinajstić information content (AvgIpc) is 3.47. The first-order valence-corrected chi connectivity index (χ1v) is 12.4. The van der Waals surface area contributed by atoms with Gasteiger partial charge in [0.25, 0.3) is 0 Å². The summed E-state index contributed by atoms with van der Waals surface area (Å²) in [6, 6.07) is 3.35. The van der Waals surface area contributed by atoms with Crippen molar-refractivity contribution >= 4 is 45.8 Å². The summed E-state index contributed by atoms with van der Waals surface area (Å²) in [7, 11) is 1.52. The minimum Gasteiger partial charge on any atom is -0.389 e. The van der Waals surface area contributed by atoms with Crippen molar-refractivity contribution in [2.75, 3.05) is 12.4 Å². The molecule has 2 unspecified atom stereocenters. The van der Waals surface area contributed by atoms with Crippen LogP contribution in [-0.2, 0) is 4.79 Å². The molecule has 4 N–H and O–H groups in total. The second-order valence-corrected chi connectivity index (χ2v) is 10.8. The Morgan fingerprint density at radius 3 is 2.74 bits per heavy atom. The van der Waals surface area contributed by atoms with E-state index in [1.165, 1.54) is 18.4 Å². The number of carbonyl (C=O) groups is 1. The zero-order chi connectivity index (χ0) is 24.0. The lowest BCUT2D eigenvalue weighted by atomic mass is 9.85. The number of carbonyl (C=O) groups excluding carboxylic acids is 1. The summed E-state index contributed by atoms with van der Waals surface area (Å²) < 4.78 is 2.37. The Kier molecular flexibility index (Phi) is 5.98. The standard InChI is InChI=1S/C23H25ClN6O3S/c1-23(22(33)25-2)10-14(18(31)19(23)32)30-11-26-17-20(27-12-4-3-5-12)28-16(29-21(17)30)9-7-13-6-8-15(24)34-13/h6,8,11-12,14,18-19,31-32H,3-5,10H2,1-2H3,(H,25,33)(H,27,28,29)/t14-,18?,19?,23+/m1/s1. The number of anilines is 1. The number of thiophene rings is 1. The molecule has 2 aliphatic carbocycles. The first-order chi connectivity index (χ1) is 16.3. The first kappa shape index (κ1) is 23.1. The van der Waals surface area contributed by atoms with Crippen molar-refractivity contribution in [2.45, 2.75) is 56.9 Å². The predicted octanol–water partition coefficient (Wildman–Crippen LogP) is 2.32. The third-order valence-corrected chi connectivity index (χ3v) is 7.99. The van der Waals surface area contributed by atoms with Crippen molar-refractivity contribution in [3.05, 3.63) is 33.5 Å². The molecule has 9 nitrogen and oxygen atoms in total. The molecule has 34 heavy (non-hydrogen) atoms. The molecule has 0 bridgehead atoms. The normalized spacial score (nSPS) is 26.7. The molecule has 0 radical (unpaired) electrons. The number of hydrogen-bond donors (Lipinski definition) is 4. The van der Waals surface area contributed by atoms with Crippen LogP contribution in [0.25, 0.3) is 11.2 Å². The van der Waals surface area contributed by atoms with Crippen LogP contribution in [0.2, 0.25) is 4.34 Å². The van der Waals surface area contributed by atoms with Crippen LogP contribution in [-0.4, -0.2) is 60.9 Å². The van der Waals surface area contributed by atoms with Gasteiger partial charge in [0.1, 0.15) is 6.10 Å². The van der Waals surface area contributed by atoms with Crippen molar-refractivity contribution in [2.24, 2.45) is 5.41 Å². The molecule has 1 amide bonds. The Morgan fingerprint density at radius 1 is 1.29 bits per heavy atom. The van der Waals surface area contributed by atoms with E-state index in [4.69, 9.17) is 11.6 Å². The van der Waals surface area contributed by atoms with E-state index in [1.807, 2.05) is 6.07 Å². The second-order valence-electron chi connectivity index (χ2n) is 9.05. The van der Waals surface area contributed by atoms with E-state index in [1.54, 1.807) is 23.9 Å². The van der Waals surface area contributed by atoms with Gasteiger partial charge < -0.3 is 25.4 Å². The lowest BCUT2D eigenvalue weighted by Gasteiger charge is -2.27. The summed E-state index contributed by atoms with van der Waals surface area (Å²) in [4.78, 5) is 27.1. The fraction of sp³-hybridized carbons (Fsp3) is 0.478. The maximum atomic E-state index is 12.5. The molecule has 3 aromatic rings. The molecule has 2 aliphatic rings. The van der Waals surface area contributed by atoms with Crippen LogP contribution in [0.5, 0.6) is 0 Å². The molecule has 5 rings (SSSR count). The molecule has 178 valence electrons. The van der Waals surface area contributed by atoms with Crippen molar-refractivity contribution < 1.29 is 15.0 Å². The molecule has 0 saturated heterocycles. The summed E-state index contributed by atoms with van der Waals surface area (Å²) in [5.41, 5.74) is -0.0918. The summed E-state index contributed by atoms with van der Waals surface area (Å²) in [6.07, 6.45) is 2.68. The Hall–Kier alpha value is -2.71. The highest BCUT2D eigenvalue weighted by Crippen LogP contribution is 2.45. The fourth-order valence-corrected chi connectivity index (χ4v) is 5.50. The molecule has 0 spiro atoms. The van der Waals surface area contributed by atoms with E-state index in [0.29, 0.717) is 33.2 Å². The summed E-state index contributed by atoms with van der Waals surface area (Å²) in [5, 5.41) is 27.6. The number of aromatic nitrogens is 4. The number of hydrogen-bond acceptors (Lipinski definition) is 8. The summed E-state index contributed by atoms with van der Waals surface area (Å²) in [5.74, 6) is 6.63. The van der Waals surface area contributed by atoms with Gasteiger partial charge in [0.05, 0.1) is 33.1 Å². The van der Waals surface area contributed by atoms with Crippen LogP contribution in [0.3, 0.4) is 0 Å². The van der Waals surface area contributed by atoms with Crippen molar-refractivity contribution in [3.8, 4) is 11.8 Å². The van der Waals surface area contributed by atoms with Gasteiger partial charge in [-0.2, -0.15) is 0 Å². The average molecular weight is 501 g/mol. The molecule has 3 aromatic heterocycles. The van der Waals surface area contributed by atoms with Crippen LogP contribution >= 0.6 is 22.9 Å². The van der Waals surface area contributed by atoms with Gasteiger partial charge in [-0.15, -0.1) is 11.3 Å². The Bertz CT molecular complexity index is 1310. The minimum absolute atomic E-state index is 0.227. The van der Waals surface area contributed by atoms with E-state index < -0.39 is 23.7 Å². The molecule has 11 heteroatoms. The smallest absolute Gasteiger partial charge is 0.228 e. The molecule has 2 saturated carbocycles. The molecule has 3 heterocycles. The highest BCUT2D eigenvalue weighted by molar-refractivity contribution is 7.16. The quantitative estimate of drug-likeness (QED) is 0.405. The maximum Gasteiger partial charge on any atom is 0.228 e. The van der Waals surface area contributed by atoms with E-state index in [2.05, 4.69) is 37.4 Å². The highest BCUT2D eigenvalue weighted by atomic mass is 35.5. The molecule has 0 aromatic carbocycles. The minimum atomic E-state index is -1.23. The number of aliphatic hydroxyl groups excluding tert-OH is 2. The van der Waals surface area contributed by atoms with Gasteiger partial charge in [-0.1, -0.05) is 11.6 Å². The van der Waals surface area contributed by atoms with E-state index >= 15 is 0 Å². The Morgan fingerprint density at radius 2 is 2.09 bits per heavy atom. The Labute approximate surface area is 205 Å². The summed E-state index contributed by atoms with van der Waals surface area (Å²) >= 11 is 7.38. The van der Waals surface area contributed by atoms with Gasteiger partial charge >= 0.3 is 0 Å². The van der Waals surface area contributed by atoms with Gasteiger partial charge in [-0.25, -0.2) is 15.0 Å².